The quantitative estimate of drug-likeness (QED) is 0.939. The molecule has 0 aliphatic carbocycles. The molecule has 3 rings (SSSR count). The molecule has 0 unspecified atom stereocenters. The molecule has 2 aromatic carbocycles. The van der Waals surface area contributed by atoms with Crippen molar-refractivity contribution in [3.8, 4) is 0 Å². The Morgan fingerprint density at radius 3 is 2.18 bits per heavy atom. The Kier molecular flexibility index (Phi) is 4.34. The summed E-state index contributed by atoms with van der Waals surface area (Å²) in [6.45, 7) is 1.95. The van der Waals surface area contributed by atoms with E-state index in [1.54, 1.807) is 30.3 Å². The summed E-state index contributed by atoms with van der Waals surface area (Å²) >= 11 is 0. The molecule has 1 aliphatic heterocycles. The number of piperidine rings is 1. The van der Waals surface area contributed by atoms with Crippen LogP contribution >= 0.6 is 0 Å². The monoisotopic (exact) mass is 316 g/mol. The molecule has 0 radical (unpaired) electrons. The van der Waals surface area contributed by atoms with Crippen molar-refractivity contribution in [1.29, 1.82) is 0 Å². The third kappa shape index (κ3) is 3.25. The predicted molar refractivity (Wildman–Crippen MR) is 89.8 cm³/mol. The zero-order valence-electron chi connectivity index (χ0n) is 12.4. The number of nitrogens with one attached hydrogen (secondary N) is 1. The molecule has 0 amide bonds. The van der Waals surface area contributed by atoms with Crippen LogP contribution in [0.4, 0.5) is 11.4 Å². The minimum Gasteiger partial charge on any atom is -0.370 e. The van der Waals surface area contributed by atoms with Gasteiger partial charge in [-0.15, -0.1) is 0 Å². The molecular formula is C17H20N2O2S. The van der Waals surface area contributed by atoms with E-state index in [-0.39, 0.29) is 4.90 Å². The molecule has 0 aromatic heterocycles. The van der Waals surface area contributed by atoms with Gasteiger partial charge in [0, 0.05) is 13.1 Å². The van der Waals surface area contributed by atoms with Crippen molar-refractivity contribution in [2.24, 2.45) is 0 Å². The molecule has 5 heteroatoms. The molecule has 0 atom stereocenters. The van der Waals surface area contributed by atoms with E-state index >= 15 is 0 Å². The Hall–Kier alpha value is -2.01. The summed E-state index contributed by atoms with van der Waals surface area (Å²) in [7, 11) is -3.55. The molecule has 0 saturated carbocycles. The number of para-hydroxylation sites is 2. The lowest BCUT2D eigenvalue weighted by molar-refractivity contribution is 0.578. The van der Waals surface area contributed by atoms with Gasteiger partial charge in [0.2, 0.25) is 0 Å². The minimum absolute atomic E-state index is 0.281. The van der Waals surface area contributed by atoms with Gasteiger partial charge in [-0.1, -0.05) is 30.3 Å². The van der Waals surface area contributed by atoms with E-state index in [0.717, 1.165) is 31.6 Å². The standard InChI is InChI=1S/C17H20N2O2S/c20-22(21,15-9-3-1-4-10-15)18-16-11-5-6-12-17(16)19-13-7-2-8-14-19/h1,3-6,9-12,18H,2,7-8,13-14H2. The van der Waals surface area contributed by atoms with Crippen LogP contribution in [0.15, 0.2) is 59.5 Å². The van der Waals surface area contributed by atoms with Gasteiger partial charge in [0.25, 0.3) is 10.0 Å². The zero-order chi connectivity index (χ0) is 15.4. The second-order valence-corrected chi connectivity index (χ2v) is 7.17. The SMILES string of the molecule is O=S(=O)(Nc1ccccc1N1CCCCC1)c1ccccc1. The van der Waals surface area contributed by atoms with Crippen molar-refractivity contribution in [2.75, 3.05) is 22.7 Å². The lowest BCUT2D eigenvalue weighted by Gasteiger charge is -2.30. The molecule has 22 heavy (non-hydrogen) atoms. The van der Waals surface area contributed by atoms with Gasteiger partial charge in [0.05, 0.1) is 16.3 Å². The fourth-order valence-electron chi connectivity index (χ4n) is 2.77. The van der Waals surface area contributed by atoms with E-state index in [1.807, 2.05) is 24.3 Å². The minimum atomic E-state index is -3.55. The van der Waals surface area contributed by atoms with Crippen LogP contribution in [0.2, 0.25) is 0 Å². The van der Waals surface area contributed by atoms with Crippen LogP contribution in [-0.4, -0.2) is 21.5 Å². The van der Waals surface area contributed by atoms with Crippen LogP contribution in [0.1, 0.15) is 19.3 Å². The van der Waals surface area contributed by atoms with Crippen LogP contribution in [0, 0.1) is 0 Å². The summed E-state index contributed by atoms with van der Waals surface area (Å²) in [6, 6.07) is 16.1. The average molecular weight is 316 g/mol. The highest BCUT2D eigenvalue weighted by Crippen LogP contribution is 2.29. The van der Waals surface area contributed by atoms with E-state index in [2.05, 4.69) is 9.62 Å². The van der Waals surface area contributed by atoms with Crippen molar-refractivity contribution in [3.63, 3.8) is 0 Å². The summed E-state index contributed by atoms with van der Waals surface area (Å²) < 4.78 is 27.7. The van der Waals surface area contributed by atoms with Crippen LogP contribution in [0.5, 0.6) is 0 Å². The molecule has 1 aliphatic rings. The number of hydrogen-bond acceptors (Lipinski definition) is 3. The van der Waals surface area contributed by atoms with E-state index in [0.29, 0.717) is 5.69 Å². The topological polar surface area (TPSA) is 49.4 Å². The molecule has 116 valence electrons. The van der Waals surface area contributed by atoms with E-state index < -0.39 is 10.0 Å². The van der Waals surface area contributed by atoms with Gasteiger partial charge in [-0.25, -0.2) is 8.42 Å². The largest absolute Gasteiger partial charge is 0.370 e. The number of anilines is 2. The predicted octanol–water partition coefficient (Wildman–Crippen LogP) is 3.48. The summed E-state index contributed by atoms with van der Waals surface area (Å²) in [5, 5.41) is 0. The van der Waals surface area contributed by atoms with Gasteiger partial charge < -0.3 is 4.90 Å². The summed E-state index contributed by atoms with van der Waals surface area (Å²) in [4.78, 5) is 2.54. The van der Waals surface area contributed by atoms with E-state index in [9.17, 15) is 8.42 Å². The molecule has 2 aromatic rings. The highest BCUT2D eigenvalue weighted by atomic mass is 32.2. The molecule has 4 nitrogen and oxygen atoms in total. The third-order valence-electron chi connectivity index (χ3n) is 3.90. The summed E-state index contributed by atoms with van der Waals surface area (Å²) in [5.41, 5.74) is 1.61. The van der Waals surface area contributed by atoms with Crippen LogP contribution < -0.4 is 9.62 Å². The van der Waals surface area contributed by atoms with Crippen molar-refractivity contribution >= 4 is 21.4 Å². The zero-order valence-corrected chi connectivity index (χ0v) is 13.2. The van der Waals surface area contributed by atoms with Gasteiger partial charge in [-0.2, -0.15) is 0 Å². The van der Waals surface area contributed by atoms with Gasteiger partial charge in [-0.05, 0) is 43.5 Å². The first-order valence-corrected chi connectivity index (χ1v) is 9.07. The Morgan fingerprint density at radius 1 is 0.818 bits per heavy atom. The fourth-order valence-corrected chi connectivity index (χ4v) is 3.87. The van der Waals surface area contributed by atoms with Gasteiger partial charge in [0.15, 0.2) is 0 Å². The van der Waals surface area contributed by atoms with Gasteiger partial charge >= 0.3 is 0 Å². The van der Waals surface area contributed by atoms with Crippen LogP contribution in [0.3, 0.4) is 0 Å². The first kappa shape index (κ1) is 14.9. The van der Waals surface area contributed by atoms with Crippen molar-refractivity contribution in [3.05, 3.63) is 54.6 Å². The number of rotatable bonds is 4. The van der Waals surface area contributed by atoms with Crippen molar-refractivity contribution in [2.45, 2.75) is 24.2 Å². The Bertz CT molecular complexity index is 723. The Labute approximate surface area is 131 Å². The Balaban J connectivity index is 1.89. The summed E-state index contributed by atoms with van der Waals surface area (Å²) in [6.07, 6.45) is 3.55. The van der Waals surface area contributed by atoms with Crippen molar-refractivity contribution < 1.29 is 8.42 Å². The average Bonchev–Trinajstić information content (AvgIpc) is 2.57. The summed E-state index contributed by atoms with van der Waals surface area (Å²) in [5.74, 6) is 0. The fraction of sp³-hybridized carbons (Fsp3) is 0.294. The molecule has 1 N–H and O–H groups in total. The maximum Gasteiger partial charge on any atom is 0.261 e. The molecular weight excluding hydrogens is 296 g/mol. The number of sulfonamides is 1. The van der Waals surface area contributed by atoms with Crippen LogP contribution in [0.25, 0.3) is 0 Å². The van der Waals surface area contributed by atoms with E-state index in [4.69, 9.17) is 0 Å². The van der Waals surface area contributed by atoms with Gasteiger partial charge in [-0.3, -0.25) is 4.72 Å². The van der Waals surface area contributed by atoms with E-state index in [1.165, 1.54) is 6.42 Å². The lowest BCUT2D eigenvalue weighted by atomic mass is 10.1. The molecule has 1 fully saturated rings. The smallest absolute Gasteiger partial charge is 0.261 e. The number of benzene rings is 2. The highest BCUT2D eigenvalue weighted by molar-refractivity contribution is 7.92. The second-order valence-electron chi connectivity index (χ2n) is 5.48. The lowest BCUT2D eigenvalue weighted by Crippen LogP contribution is -2.30. The number of hydrogen-bond donors (Lipinski definition) is 1. The third-order valence-corrected chi connectivity index (χ3v) is 5.28. The molecule has 1 saturated heterocycles. The molecule has 1 heterocycles. The van der Waals surface area contributed by atoms with Gasteiger partial charge in [0.1, 0.15) is 0 Å². The maximum absolute atomic E-state index is 12.5. The molecule has 0 spiro atoms. The number of nitrogens with zero attached hydrogens (tertiary/aromatic N) is 1. The maximum atomic E-state index is 12.5. The first-order chi connectivity index (χ1) is 10.7. The normalized spacial score (nSPS) is 15.5. The molecule has 0 bridgehead atoms. The van der Waals surface area contributed by atoms with Crippen LogP contribution in [-0.2, 0) is 10.0 Å². The first-order valence-electron chi connectivity index (χ1n) is 7.59. The second kappa shape index (κ2) is 6.40. The van der Waals surface area contributed by atoms with Crippen molar-refractivity contribution in [1.82, 2.24) is 0 Å². The Morgan fingerprint density at radius 2 is 1.45 bits per heavy atom. The highest BCUT2D eigenvalue weighted by Gasteiger charge is 2.19.